The quantitative estimate of drug-likeness (QED) is 0.606. The maximum atomic E-state index is 2.61. The Kier molecular flexibility index (Phi) is 5.59. The number of allylic oxidation sites excluding steroid dienone is 4. The van der Waals surface area contributed by atoms with Gasteiger partial charge in [-0.1, -0.05) is 0 Å². The first-order valence-electron chi connectivity index (χ1n) is 6.46. The zero-order chi connectivity index (χ0) is 12.8. The predicted molar refractivity (Wildman–Crippen MR) is 95.9 cm³/mol. The number of hydrogen-bond acceptors (Lipinski definition) is 0. The van der Waals surface area contributed by atoms with Crippen LogP contribution in [0.15, 0.2) is 39.4 Å². The second-order valence-electron chi connectivity index (χ2n) is 7.53. The van der Waals surface area contributed by atoms with Gasteiger partial charge in [0.25, 0.3) is 0 Å². The number of halogens is 2. The summed E-state index contributed by atoms with van der Waals surface area (Å²) < 4.78 is 13.0. The van der Waals surface area contributed by atoms with Crippen LogP contribution in [-0.4, -0.2) is 3.21 Å². The van der Waals surface area contributed by atoms with Crippen LogP contribution in [0.2, 0.25) is 13.9 Å². The maximum absolute atomic E-state index is 3.53. The standard InChI is InChI=1S/C5H5.C4H4P.C3H6.3CH3.2ClH.Zr/c2*1-2-4-5-3-1;1-3-2;;;;;;/h1-3H,4H2;1-3,5H;1-2H3;3*1H3;2*1H;. The van der Waals surface area contributed by atoms with Crippen LogP contribution >= 0.6 is 33.0 Å². The van der Waals surface area contributed by atoms with E-state index in [1.165, 1.54) is 0 Å². The Balaban J connectivity index is 0.00000162. The van der Waals surface area contributed by atoms with Crippen molar-refractivity contribution in [2.24, 2.45) is 0 Å². The van der Waals surface area contributed by atoms with Gasteiger partial charge in [-0.2, -0.15) is 0 Å². The van der Waals surface area contributed by atoms with Crippen molar-refractivity contribution in [1.82, 2.24) is 0 Å². The van der Waals surface area contributed by atoms with E-state index in [-0.39, 0.29) is 24.8 Å². The average molecular weight is 399 g/mol. The van der Waals surface area contributed by atoms with Crippen molar-refractivity contribution in [2.75, 3.05) is 0 Å². The molecule has 19 heavy (non-hydrogen) atoms. The Morgan fingerprint density at radius 3 is 2.16 bits per heavy atom. The Morgan fingerprint density at radius 1 is 1.16 bits per heavy atom. The van der Waals surface area contributed by atoms with Gasteiger partial charge in [0.2, 0.25) is 0 Å². The zero-order valence-electron chi connectivity index (χ0n) is 12.5. The first-order chi connectivity index (χ1) is 7.72. The van der Waals surface area contributed by atoms with Crippen molar-refractivity contribution < 1.29 is 16.8 Å². The summed E-state index contributed by atoms with van der Waals surface area (Å²) in [6, 6.07) is 4.66. The molecule has 1 heterocycles. The van der Waals surface area contributed by atoms with E-state index in [0.717, 1.165) is 14.6 Å². The molecule has 1 atom stereocenters. The summed E-state index contributed by atoms with van der Waals surface area (Å²) in [4.78, 5) is 0. The summed E-state index contributed by atoms with van der Waals surface area (Å²) in [6.45, 7) is 4.72. The molecule has 0 saturated carbocycles. The third kappa shape index (κ3) is 2.57. The number of rotatable bonds is 2. The molecule has 0 bridgehead atoms. The zero-order valence-corrected chi connectivity index (χ0v) is 17.6. The fourth-order valence-electron chi connectivity index (χ4n) is 2.90. The monoisotopic (exact) mass is 397 g/mol. The molecule has 0 N–H and O–H groups in total. The van der Waals surface area contributed by atoms with Crippen LogP contribution < -0.4 is 3.00 Å². The summed E-state index contributed by atoms with van der Waals surface area (Å²) >= 11 is -3.53. The molecule has 0 aliphatic heterocycles. The predicted octanol–water partition coefficient (Wildman–Crippen LogP) is 5.61. The molecule has 2 rings (SSSR count). The minimum Gasteiger partial charge on any atom is -0.147 e. The van der Waals surface area contributed by atoms with E-state index < -0.39 is 16.8 Å². The number of hydrogen-bond donors (Lipinski definition) is 0. The van der Waals surface area contributed by atoms with Crippen LogP contribution in [0.5, 0.6) is 0 Å². The third-order valence-corrected chi connectivity index (χ3v) is 36.3. The largest absolute Gasteiger partial charge is 0.147 e. The van der Waals surface area contributed by atoms with Gasteiger partial charge in [-0.25, -0.2) is 0 Å². The van der Waals surface area contributed by atoms with Crippen molar-refractivity contribution in [2.45, 2.75) is 34.2 Å². The molecule has 0 spiro atoms. The van der Waals surface area contributed by atoms with Crippen molar-refractivity contribution in [1.29, 1.82) is 0 Å². The molecule has 0 radical (unpaired) electrons. The van der Waals surface area contributed by atoms with Crippen LogP contribution in [0.25, 0.3) is 0 Å². The molecule has 1 aromatic rings. The third-order valence-electron chi connectivity index (χ3n) is 5.73. The normalized spacial score (nSPS) is 18.1. The van der Waals surface area contributed by atoms with E-state index in [4.69, 9.17) is 0 Å². The maximum Gasteiger partial charge on any atom is -0.147 e. The van der Waals surface area contributed by atoms with Gasteiger partial charge < -0.3 is 0 Å². The fourth-order valence-corrected chi connectivity index (χ4v) is 21.1. The molecule has 0 nitrogen and oxygen atoms in total. The molecule has 1 aliphatic carbocycles. The van der Waals surface area contributed by atoms with Crippen LogP contribution in [0, 0.1) is 0 Å². The van der Waals surface area contributed by atoms with Crippen LogP contribution in [0.1, 0.15) is 20.3 Å². The summed E-state index contributed by atoms with van der Waals surface area (Å²) in [5, 5.41) is 0. The average Bonchev–Trinajstić information content (AvgIpc) is 2.92. The van der Waals surface area contributed by atoms with Crippen molar-refractivity contribution >= 4 is 39.2 Å². The molecular formula is C15H26Cl2PZr. The summed E-state index contributed by atoms with van der Waals surface area (Å²) in [5.41, 5.74) is 0. The van der Waals surface area contributed by atoms with Gasteiger partial charge in [-0.3, -0.25) is 0 Å². The van der Waals surface area contributed by atoms with Crippen LogP contribution in [-0.2, 0) is 16.8 Å². The Bertz CT molecular complexity index is 595. The minimum absolute atomic E-state index is 0. The molecule has 0 amide bonds. The Hall–Kier alpha value is 0.593. The van der Waals surface area contributed by atoms with E-state index in [1.54, 1.807) is 9.49 Å². The molecule has 0 aromatic carbocycles. The second kappa shape index (κ2) is 5.42. The van der Waals surface area contributed by atoms with E-state index >= 15 is 0 Å². The van der Waals surface area contributed by atoms with Crippen LogP contribution in [0.3, 0.4) is 0 Å². The Morgan fingerprint density at radius 2 is 1.79 bits per heavy atom. The SMILES string of the molecule is C[C](C)=[Zr]([CH3])([CH3])([CH3])([C]1=CC=CC1)[c]1ccc[pH]1.Cl.Cl. The second-order valence-corrected chi connectivity index (χ2v) is 35.6. The van der Waals surface area contributed by atoms with Crippen molar-refractivity contribution in [3.63, 3.8) is 0 Å². The van der Waals surface area contributed by atoms with E-state index in [2.05, 4.69) is 63.9 Å². The van der Waals surface area contributed by atoms with Gasteiger partial charge >= 0.3 is 105 Å². The molecule has 1 unspecified atom stereocenters. The van der Waals surface area contributed by atoms with Crippen molar-refractivity contribution in [3.05, 3.63) is 39.4 Å². The van der Waals surface area contributed by atoms with E-state index in [9.17, 15) is 0 Å². The fraction of sp³-hybridized carbons (Fsp3) is 0.400. The minimum atomic E-state index is -3.53. The first kappa shape index (κ1) is 19.6. The smallest absolute Gasteiger partial charge is 0.147 e. The van der Waals surface area contributed by atoms with Gasteiger partial charge in [0.1, 0.15) is 0 Å². The van der Waals surface area contributed by atoms with Gasteiger partial charge in [0.05, 0.1) is 0 Å². The molecule has 0 fully saturated rings. The van der Waals surface area contributed by atoms with Gasteiger partial charge in [0, 0.05) is 0 Å². The topological polar surface area (TPSA) is 0 Å². The summed E-state index contributed by atoms with van der Waals surface area (Å²) in [5.74, 6) is 2.34. The van der Waals surface area contributed by atoms with Gasteiger partial charge in [-0.05, 0) is 0 Å². The van der Waals surface area contributed by atoms with Crippen molar-refractivity contribution in [3.8, 4) is 0 Å². The van der Waals surface area contributed by atoms with E-state index in [1.807, 2.05) is 0 Å². The molecule has 4 heteroatoms. The summed E-state index contributed by atoms with van der Waals surface area (Å²) in [6.07, 6.45) is 8.12. The first-order valence-corrected chi connectivity index (χ1v) is 18.6. The van der Waals surface area contributed by atoms with Crippen LogP contribution in [0.4, 0.5) is 0 Å². The molecular weight excluding hydrogens is 373 g/mol. The molecule has 1 aromatic heterocycles. The van der Waals surface area contributed by atoms with Gasteiger partial charge in [0.15, 0.2) is 0 Å². The Labute approximate surface area is 129 Å². The van der Waals surface area contributed by atoms with E-state index in [0.29, 0.717) is 0 Å². The summed E-state index contributed by atoms with van der Waals surface area (Å²) in [7, 11) is 0.894. The van der Waals surface area contributed by atoms with Gasteiger partial charge in [-0.15, -0.1) is 24.8 Å². The molecule has 1 aliphatic rings. The molecule has 0 saturated heterocycles. The molecule has 109 valence electrons.